The maximum absolute atomic E-state index is 12.0. The number of carbonyl (C=O) groups is 1. The minimum absolute atomic E-state index is 0.215. The monoisotopic (exact) mass is 320 g/mol. The van der Waals surface area contributed by atoms with E-state index in [1.54, 1.807) is 0 Å². The van der Waals surface area contributed by atoms with E-state index in [0.717, 1.165) is 17.7 Å². The zero-order valence-corrected chi connectivity index (χ0v) is 13.8. The number of nitrogens with one attached hydrogen (secondary N) is 1. The van der Waals surface area contributed by atoms with Gasteiger partial charge in [0.05, 0.1) is 18.7 Å². The summed E-state index contributed by atoms with van der Waals surface area (Å²) in [5.41, 5.74) is 5.14. The quantitative estimate of drug-likeness (QED) is 0.671. The van der Waals surface area contributed by atoms with Gasteiger partial charge in [0.2, 0.25) is 0 Å². The van der Waals surface area contributed by atoms with Gasteiger partial charge >= 0.3 is 5.97 Å². The molecule has 2 aliphatic rings. The molecule has 0 bridgehead atoms. The molecule has 4 heteroatoms. The van der Waals surface area contributed by atoms with Crippen LogP contribution in [0.15, 0.2) is 48.8 Å². The van der Waals surface area contributed by atoms with Crippen molar-refractivity contribution in [1.29, 1.82) is 0 Å². The molecule has 2 aromatic rings. The van der Waals surface area contributed by atoms with Crippen molar-refractivity contribution in [2.75, 3.05) is 12.4 Å². The topological polar surface area (TPSA) is 51.2 Å². The first-order chi connectivity index (χ1) is 11.7. The summed E-state index contributed by atoms with van der Waals surface area (Å²) in [5, 5.41) is 3.70. The molecule has 1 aliphatic carbocycles. The van der Waals surface area contributed by atoms with E-state index in [9.17, 15) is 4.79 Å². The molecule has 3 atom stereocenters. The number of pyridine rings is 1. The Hall–Kier alpha value is -2.62. The van der Waals surface area contributed by atoms with E-state index in [2.05, 4.69) is 40.7 Å². The lowest BCUT2D eigenvalue weighted by molar-refractivity contribution is 0.0600. The van der Waals surface area contributed by atoms with Crippen molar-refractivity contribution < 1.29 is 9.53 Å². The first-order valence-corrected chi connectivity index (χ1v) is 8.25. The average Bonchev–Trinajstić information content (AvgIpc) is 3.11. The number of esters is 1. The second-order valence-electron chi connectivity index (χ2n) is 6.45. The summed E-state index contributed by atoms with van der Waals surface area (Å²) in [6.07, 6.45) is 9.30. The third-order valence-electron chi connectivity index (χ3n) is 5.27. The van der Waals surface area contributed by atoms with Gasteiger partial charge in [-0.1, -0.05) is 18.2 Å². The molecule has 24 heavy (non-hydrogen) atoms. The molecule has 4 nitrogen and oxygen atoms in total. The lowest BCUT2D eigenvalue weighted by Crippen LogP contribution is -2.30. The van der Waals surface area contributed by atoms with Crippen molar-refractivity contribution in [1.82, 2.24) is 4.98 Å². The average molecular weight is 320 g/mol. The second kappa shape index (κ2) is 5.78. The number of rotatable bonds is 2. The Morgan fingerprint density at radius 3 is 2.79 bits per heavy atom. The van der Waals surface area contributed by atoms with Crippen molar-refractivity contribution in [3.05, 3.63) is 71.1 Å². The number of carbonyl (C=O) groups excluding carboxylic acids is 1. The van der Waals surface area contributed by atoms with Gasteiger partial charge in [-0.2, -0.15) is 0 Å². The molecule has 4 rings (SSSR count). The number of aromatic nitrogens is 1. The summed E-state index contributed by atoms with van der Waals surface area (Å²) in [6, 6.07) is 8.30. The van der Waals surface area contributed by atoms with Crippen molar-refractivity contribution >= 4 is 11.7 Å². The minimum Gasteiger partial charge on any atom is -0.465 e. The zero-order valence-electron chi connectivity index (χ0n) is 13.8. The number of nitrogens with zero attached hydrogens (tertiary/aromatic N) is 1. The van der Waals surface area contributed by atoms with Gasteiger partial charge in [-0.25, -0.2) is 4.79 Å². The fraction of sp³-hybridized carbons (Fsp3) is 0.300. The summed E-state index contributed by atoms with van der Waals surface area (Å²) >= 11 is 0. The van der Waals surface area contributed by atoms with Crippen LogP contribution in [0.1, 0.15) is 45.4 Å². The molecule has 0 amide bonds. The number of allylic oxidation sites excluding steroid dienone is 2. The molecule has 1 aliphatic heterocycles. The summed E-state index contributed by atoms with van der Waals surface area (Å²) in [4.78, 5) is 16.2. The van der Waals surface area contributed by atoms with Crippen LogP contribution in [0.4, 0.5) is 5.69 Å². The van der Waals surface area contributed by atoms with Gasteiger partial charge in [0.1, 0.15) is 0 Å². The first kappa shape index (κ1) is 14.9. The molecule has 0 fully saturated rings. The third-order valence-corrected chi connectivity index (χ3v) is 5.27. The molecule has 1 aromatic carbocycles. The first-order valence-electron chi connectivity index (χ1n) is 8.25. The van der Waals surface area contributed by atoms with Crippen LogP contribution in [0.5, 0.6) is 0 Å². The molecule has 0 radical (unpaired) electrons. The number of hydrogen-bond donors (Lipinski definition) is 1. The standard InChI is InChI=1S/C20H20N2O2/c1-12-14(20(23)24-2)6-7-17-15-4-3-5-16(15)19(22-18(12)17)13-8-10-21-11-9-13/h3-4,6-11,15-16,19,22H,5H2,1-2H3/t15-,16-,19+/m0/s1. The molecule has 0 saturated heterocycles. The van der Waals surface area contributed by atoms with Crippen LogP contribution < -0.4 is 5.32 Å². The molecule has 122 valence electrons. The normalized spacial score (nSPS) is 24.0. The Morgan fingerprint density at radius 1 is 1.25 bits per heavy atom. The van der Waals surface area contributed by atoms with Crippen LogP contribution in [-0.4, -0.2) is 18.1 Å². The number of anilines is 1. The van der Waals surface area contributed by atoms with Crippen LogP contribution >= 0.6 is 0 Å². The largest absolute Gasteiger partial charge is 0.465 e. The minimum atomic E-state index is -0.290. The molecule has 1 N–H and O–H groups in total. The van der Waals surface area contributed by atoms with E-state index in [0.29, 0.717) is 17.4 Å². The molecule has 0 unspecified atom stereocenters. The molecule has 2 heterocycles. The highest BCUT2D eigenvalue weighted by atomic mass is 16.5. The molecule has 0 saturated carbocycles. The van der Waals surface area contributed by atoms with Gasteiger partial charge in [0, 0.05) is 24.0 Å². The smallest absolute Gasteiger partial charge is 0.338 e. The van der Waals surface area contributed by atoms with Crippen LogP contribution in [-0.2, 0) is 4.74 Å². The van der Waals surface area contributed by atoms with Crippen LogP contribution in [0.3, 0.4) is 0 Å². The number of methoxy groups -OCH3 is 1. The predicted molar refractivity (Wildman–Crippen MR) is 93.1 cm³/mol. The summed E-state index contributed by atoms with van der Waals surface area (Å²) < 4.78 is 4.92. The Balaban J connectivity index is 1.83. The second-order valence-corrected chi connectivity index (χ2v) is 6.45. The van der Waals surface area contributed by atoms with Gasteiger partial charge in [-0.3, -0.25) is 4.98 Å². The fourth-order valence-electron chi connectivity index (χ4n) is 4.05. The van der Waals surface area contributed by atoms with Gasteiger partial charge in [-0.05, 0) is 54.2 Å². The van der Waals surface area contributed by atoms with E-state index in [4.69, 9.17) is 4.74 Å². The lowest BCUT2D eigenvalue weighted by Gasteiger charge is -2.38. The molecule has 0 spiro atoms. The van der Waals surface area contributed by atoms with Gasteiger partial charge in [-0.15, -0.1) is 0 Å². The van der Waals surface area contributed by atoms with E-state index >= 15 is 0 Å². The summed E-state index contributed by atoms with van der Waals surface area (Å²) in [6.45, 7) is 1.99. The van der Waals surface area contributed by atoms with Gasteiger partial charge in [0.25, 0.3) is 0 Å². The Bertz CT molecular complexity index is 814. The lowest BCUT2D eigenvalue weighted by atomic mass is 9.76. The molecular weight excluding hydrogens is 300 g/mol. The Labute approximate surface area is 141 Å². The van der Waals surface area contributed by atoms with Crippen LogP contribution in [0, 0.1) is 12.8 Å². The maximum Gasteiger partial charge on any atom is 0.338 e. The summed E-state index contributed by atoms with van der Waals surface area (Å²) in [7, 11) is 1.42. The van der Waals surface area contributed by atoms with Crippen LogP contribution in [0.25, 0.3) is 0 Å². The number of ether oxygens (including phenoxy) is 1. The van der Waals surface area contributed by atoms with Crippen molar-refractivity contribution in [3.63, 3.8) is 0 Å². The highest BCUT2D eigenvalue weighted by molar-refractivity contribution is 5.93. The van der Waals surface area contributed by atoms with Gasteiger partial charge in [0.15, 0.2) is 0 Å². The SMILES string of the molecule is COC(=O)c1ccc2c(c1C)N[C@H](c1ccncc1)[C@H]1CC=C[C@H]21. The molecular formula is C20H20N2O2. The summed E-state index contributed by atoms with van der Waals surface area (Å²) in [5.74, 6) is 0.578. The number of benzene rings is 1. The number of hydrogen-bond acceptors (Lipinski definition) is 4. The van der Waals surface area contributed by atoms with Crippen molar-refractivity contribution in [3.8, 4) is 0 Å². The third kappa shape index (κ3) is 2.21. The van der Waals surface area contributed by atoms with E-state index < -0.39 is 0 Å². The van der Waals surface area contributed by atoms with Gasteiger partial charge < -0.3 is 10.1 Å². The highest BCUT2D eigenvalue weighted by Crippen LogP contribution is 2.50. The Kier molecular flexibility index (Phi) is 3.60. The van der Waals surface area contributed by atoms with Crippen molar-refractivity contribution in [2.45, 2.75) is 25.3 Å². The van der Waals surface area contributed by atoms with E-state index in [1.165, 1.54) is 18.2 Å². The highest BCUT2D eigenvalue weighted by Gasteiger charge is 2.38. The van der Waals surface area contributed by atoms with Crippen molar-refractivity contribution in [2.24, 2.45) is 5.92 Å². The number of fused-ring (bicyclic) bond motifs is 3. The predicted octanol–water partition coefficient (Wildman–Crippen LogP) is 4.00. The Morgan fingerprint density at radius 2 is 2.04 bits per heavy atom. The fourth-order valence-corrected chi connectivity index (χ4v) is 4.05. The van der Waals surface area contributed by atoms with E-state index in [-0.39, 0.29) is 12.0 Å². The van der Waals surface area contributed by atoms with Crippen LogP contribution in [0.2, 0.25) is 0 Å². The zero-order chi connectivity index (χ0) is 16.7. The molecule has 1 aromatic heterocycles. The van der Waals surface area contributed by atoms with E-state index in [1.807, 2.05) is 25.4 Å². The maximum atomic E-state index is 12.0.